The Morgan fingerprint density at radius 3 is 2.40 bits per heavy atom. The van der Waals surface area contributed by atoms with Gasteiger partial charge in [0.15, 0.2) is 0 Å². The number of halogens is 1. The fourth-order valence-electron chi connectivity index (χ4n) is 3.37. The fourth-order valence-corrected chi connectivity index (χ4v) is 5.74. The van der Waals surface area contributed by atoms with Crippen molar-refractivity contribution >= 4 is 31.6 Å². The molecule has 1 aromatic rings. The maximum absolute atomic E-state index is 12.8. The summed E-state index contributed by atoms with van der Waals surface area (Å²) in [6.45, 7) is 0. The number of nitrogen functional groups attached to an aromatic ring is 1. The quantitative estimate of drug-likeness (QED) is 0.786. The Kier molecular flexibility index (Phi) is 3.56. The highest BCUT2D eigenvalue weighted by atomic mass is 79.9. The average molecular weight is 361 g/mol. The molecule has 5 nitrogen and oxygen atoms in total. The van der Waals surface area contributed by atoms with Crippen LogP contribution in [-0.4, -0.2) is 36.0 Å². The van der Waals surface area contributed by atoms with Crippen molar-refractivity contribution in [3.05, 3.63) is 22.7 Å². The minimum Gasteiger partial charge on any atom is -0.398 e. The lowest BCUT2D eigenvalue weighted by Crippen LogP contribution is -2.47. The van der Waals surface area contributed by atoms with Crippen LogP contribution in [0.2, 0.25) is 0 Å². The van der Waals surface area contributed by atoms with Gasteiger partial charge in [-0.25, -0.2) is 8.42 Å². The molecule has 0 saturated carbocycles. The Morgan fingerprint density at radius 2 is 1.85 bits per heavy atom. The first-order chi connectivity index (χ1) is 9.39. The van der Waals surface area contributed by atoms with Crippen LogP contribution < -0.4 is 5.73 Å². The van der Waals surface area contributed by atoms with Gasteiger partial charge in [0.1, 0.15) is 4.90 Å². The Balaban J connectivity index is 2.01. The molecule has 2 saturated heterocycles. The smallest absolute Gasteiger partial charge is 0.245 e. The number of piperidine rings is 1. The predicted octanol–water partition coefficient (Wildman–Crippen LogP) is 1.71. The van der Waals surface area contributed by atoms with Gasteiger partial charge in [-0.3, -0.25) is 0 Å². The molecule has 0 radical (unpaired) electrons. The highest BCUT2D eigenvalue weighted by Crippen LogP contribution is 2.40. The van der Waals surface area contributed by atoms with Crippen molar-refractivity contribution in [2.75, 3.05) is 5.73 Å². The summed E-state index contributed by atoms with van der Waals surface area (Å²) in [5, 5.41) is 9.78. The molecular weight excluding hydrogens is 344 g/mol. The van der Waals surface area contributed by atoms with E-state index in [2.05, 4.69) is 15.9 Å². The topological polar surface area (TPSA) is 83.6 Å². The van der Waals surface area contributed by atoms with Crippen LogP contribution in [0.5, 0.6) is 0 Å². The Bertz CT molecular complexity index is 621. The molecule has 2 atom stereocenters. The van der Waals surface area contributed by atoms with E-state index in [0.29, 0.717) is 12.8 Å². The maximum atomic E-state index is 12.8. The molecule has 7 heteroatoms. The van der Waals surface area contributed by atoms with Gasteiger partial charge >= 0.3 is 0 Å². The summed E-state index contributed by atoms with van der Waals surface area (Å²) in [5.41, 5.74) is 6.12. The van der Waals surface area contributed by atoms with Gasteiger partial charge in [-0.2, -0.15) is 4.31 Å². The first kappa shape index (κ1) is 14.3. The van der Waals surface area contributed by atoms with Gasteiger partial charge in [-0.05, 0) is 43.9 Å². The lowest BCUT2D eigenvalue weighted by atomic mass is 10.0. The van der Waals surface area contributed by atoms with E-state index in [1.54, 1.807) is 22.5 Å². The van der Waals surface area contributed by atoms with Crippen molar-refractivity contribution in [1.82, 2.24) is 4.31 Å². The zero-order chi connectivity index (χ0) is 14.5. The number of aliphatic hydroxyl groups is 1. The standard InChI is InChI=1S/C13H17BrN2O3S/c14-8-1-4-13(12(15)5-8)20(18,19)16-9-2-3-10(16)7-11(17)6-9/h1,4-5,9-11,17H,2-3,6-7,15H2. The number of nitrogens with zero attached hydrogens (tertiary/aromatic N) is 1. The molecule has 2 unspecified atom stereocenters. The van der Waals surface area contributed by atoms with E-state index in [-0.39, 0.29) is 28.8 Å². The van der Waals surface area contributed by atoms with Crippen molar-refractivity contribution in [3.8, 4) is 0 Å². The van der Waals surface area contributed by atoms with Gasteiger partial charge in [-0.1, -0.05) is 15.9 Å². The van der Waals surface area contributed by atoms with Crippen LogP contribution in [0.15, 0.2) is 27.6 Å². The number of anilines is 1. The third-order valence-corrected chi connectivity index (χ3v) is 6.74. The molecule has 2 bridgehead atoms. The maximum Gasteiger partial charge on any atom is 0.245 e. The number of nitrogens with two attached hydrogens (primary N) is 1. The monoisotopic (exact) mass is 360 g/mol. The van der Waals surface area contributed by atoms with Crippen LogP contribution in [0.25, 0.3) is 0 Å². The Labute approximate surface area is 126 Å². The summed E-state index contributed by atoms with van der Waals surface area (Å²) >= 11 is 3.28. The molecule has 1 aromatic carbocycles. The van der Waals surface area contributed by atoms with Crippen molar-refractivity contribution in [3.63, 3.8) is 0 Å². The Hall–Kier alpha value is -0.630. The number of rotatable bonds is 2. The SMILES string of the molecule is Nc1cc(Br)ccc1S(=O)(=O)N1C2CCC1CC(O)C2. The normalized spacial score (nSPS) is 30.6. The molecule has 2 aliphatic heterocycles. The average Bonchev–Trinajstić information content (AvgIpc) is 2.62. The van der Waals surface area contributed by atoms with E-state index < -0.39 is 10.0 Å². The zero-order valence-electron chi connectivity index (χ0n) is 10.9. The van der Waals surface area contributed by atoms with Crippen LogP contribution >= 0.6 is 15.9 Å². The van der Waals surface area contributed by atoms with Crippen molar-refractivity contribution < 1.29 is 13.5 Å². The molecule has 2 heterocycles. The van der Waals surface area contributed by atoms with Crippen molar-refractivity contribution in [1.29, 1.82) is 0 Å². The fraction of sp³-hybridized carbons (Fsp3) is 0.538. The lowest BCUT2D eigenvalue weighted by molar-refractivity contribution is 0.0769. The molecular formula is C13H17BrN2O3S. The largest absolute Gasteiger partial charge is 0.398 e. The minimum absolute atomic E-state index is 0.100. The zero-order valence-corrected chi connectivity index (χ0v) is 13.3. The molecule has 0 spiro atoms. The van der Waals surface area contributed by atoms with Crippen LogP contribution in [0.4, 0.5) is 5.69 Å². The number of hydrogen-bond donors (Lipinski definition) is 2. The van der Waals surface area contributed by atoms with Crippen LogP contribution in [0.1, 0.15) is 25.7 Å². The molecule has 3 N–H and O–H groups in total. The summed E-state index contributed by atoms with van der Waals surface area (Å²) in [7, 11) is -3.59. The molecule has 0 aromatic heterocycles. The van der Waals surface area contributed by atoms with Gasteiger partial charge in [-0.15, -0.1) is 0 Å². The molecule has 2 fully saturated rings. The summed E-state index contributed by atoms with van der Waals surface area (Å²) in [6.07, 6.45) is 2.29. The van der Waals surface area contributed by atoms with Gasteiger partial charge < -0.3 is 10.8 Å². The number of aliphatic hydroxyl groups excluding tert-OH is 1. The van der Waals surface area contributed by atoms with Crippen LogP contribution in [-0.2, 0) is 10.0 Å². The van der Waals surface area contributed by atoms with Gasteiger partial charge in [0.05, 0.1) is 11.8 Å². The second kappa shape index (κ2) is 4.98. The number of benzene rings is 1. The molecule has 3 rings (SSSR count). The Morgan fingerprint density at radius 1 is 1.25 bits per heavy atom. The molecule has 20 heavy (non-hydrogen) atoms. The van der Waals surface area contributed by atoms with E-state index in [1.165, 1.54) is 0 Å². The number of hydrogen-bond acceptors (Lipinski definition) is 4. The summed E-state index contributed by atoms with van der Waals surface area (Å²) in [5.74, 6) is 0. The molecule has 110 valence electrons. The lowest BCUT2D eigenvalue weighted by Gasteiger charge is -2.36. The second-order valence-electron chi connectivity index (χ2n) is 5.53. The molecule has 2 aliphatic rings. The third kappa shape index (κ3) is 2.26. The van der Waals surface area contributed by atoms with E-state index >= 15 is 0 Å². The van der Waals surface area contributed by atoms with Crippen LogP contribution in [0.3, 0.4) is 0 Å². The highest BCUT2D eigenvalue weighted by Gasteiger charge is 2.47. The van der Waals surface area contributed by atoms with E-state index in [0.717, 1.165) is 17.3 Å². The van der Waals surface area contributed by atoms with E-state index in [9.17, 15) is 13.5 Å². The number of fused-ring (bicyclic) bond motifs is 2. The summed E-state index contributed by atoms with van der Waals surface area (Å²) in [4.78, 5) is 0.161. The first-order valence-corrected chi connectivity index (χ1v) is 8.89. The summed E-state index contributed by atoms with van der Waals surface area (Å²) < 4.78 is 28.0. The highest BCUT2D eigenvalue weighted by molar-refractivity contribution is 9.10. The number of sulfonamides is 1. The first-order valence-electron chi connectivity index (χ1n) is 6.66. The molecule has 0 amide bonds. The third-order valence-electron chi connectivity index (χ3n) is 4.17. The second-order valence-corrected chi connectivity index (χ2v) is 8.25. The van der Waals surface area contributed by atoms with Crippen molar-refractivity contribution in [2.24, 2.45) is 0 Å². The van der Waals surface area contributed by atoms with Crippen molar-refractivity contribution in [2.45, 2.75) is 48.8 Å². The van der Waals surface area contributed by atoms with E-state index in [1.807, 2.05) is 0 Å². The predicted molar refractivity (Wildman–Crippen MR) is 79.6 cm³/mol. The van der Waals surface area contributed by atoms with Gasteiger partial charge in [0.25, 0.3) is 0 Å². The van der Waals surface area contributed by atoms with Gasteiger partial charge in [0, 0.05) is 16.6 Å². The van der Waals surface area contributed by atoms with Crippen LogP contribution in [0, 0.1) is 0 Å². The summed E-state index contributed by atoms with van der Waals surface area (Å²) in [6, 6.07) is 4.63. The molecule has 0 aliphatic carbocycles. The minimum atomic E-state index is -3.59. The van der Waals surface area contributed by atoms with Gasteiger partial charge in [0.2, 0.25) is 10.0 Å². The van der Waals surface area contributed by atoms with E-state index in [4.69, 9.17) is 5.73 Å².